The quantitative estimate of drug-likeness (QED) is 0.308. The van der Waals surface area contributed by atoms with Gasteiger partial charge in [0.25, 0.3) is 0 Å². The van der Waals surface area contributed by atoms with Crippen molar-refractivity contribution in [2.75, 3.05) is 39.9 Å². The van der Waals surface area contributed by atoms with Crippen molar-refractivity contribution in [2.24, 2.45) is 17.8 Å². The van der Waals surface area contributed by atoms with Crippen LogP contribution in [-0.4, -0.2) is 73.5 Å². The fraction of sp³-hybridized carbons (Fsp3) is 0.737. The topological polar surface area (TPSA) is 88.1 Å². The molecular weight excluding hydrogens is 404 g/mol. The lowest BCUT2D eigenvalue weighted by Crippen LogP contribution is -2.75. The standard InChI is InChI=1S/C19H28O7S2/c1-7-25-14(20)12-11-9-10-18(23-3,13(12)15(21)26-8-2)16(22)19(11,24-4)17(27-5)28-6/h9-13,17H,7-8H2,1-6H3/t11-,12+,13-,18-,19+/m1/s1. The van der Waals surface area contributed by atoms with E-state index in [-0.39, 0.29) is 23.6 Å². The van der Waals surface area contributed by atoms with Crippen LogP contribution in [0, 0.1) is 17.8 Å². The van der Waals surface area contributed by atoms with Gasteiger partial charge >= 0.3 is 11.9 Å². The fourth-order valence-corrected chi connectivity index (χ4v) is 6.62. The minimum Gasteiger partial charge on any atom is -0.466 e. The second-order valence-corrected chi connectivity index (χ2v) is 8.70. The predicted octanol–water partition coefficient (Wildman–Crippen LogP) is 1.94. The summed E-state index contributed by atoms with van der Waals surface area (Å²) >= 11 is 2.92. The summed E-state index contributed by atoms with van der Waals surface area (Å²) in [6.45, 7) is 3.65. The Kier molecular flexibility index (Phi) is 7.63. The lowest BCUT2D eigenvalue weighted by molar-refractivity contribution is -0.208. The average molecular weight is 433 g/mol. The molecule has 158 valence electrons. The lowest BCUT2D eigenvalue weighted by atomic mass is 9.53. The van der Waals surface area contributed by atoms with Gasteiger partial charge in [0.15, 0.2) is 11.2 Å². The Bertz CT molecular complexity index is 648. The molecule has 0 aromatic rings. The fourth-order valence-electron chi connectivity index (χ4n) is 4.43. The number of fused-ring (bicyclic) bond motifs is 2. The van der Waals surface area contributed by atoms with E-state index in [4.69, 9.17) is 18.9 Å². The van der Waals surface area contributed by atoms with Gasteiger partial charge in [-0.3, -0.25) is 14.4 Å². The second-order valence-electron chi connectivity index (χ2n) is 6.52. The van der Waals surface area contributed by atoms with Gasteiger partial charge in [-0.15, -0.1) is 23.5 Å². The van der Waals surface area contributed by atoms with Crippen molar-refractivity contribution in [3.63, 3.8) is 0 Å². The van der Waals surface area contributed by atoms with Gasteiger partial charge in [-0.2, -0.15) is 0 Å². The average Bonchev–Trinajstić information content (AvgIpc) is 2.70. The first-order chi connectivity index (χ1) is 13.4. The second kappa shape index (κ2) is 9.19. The molecule has 7 nitrogen and oxygen atoms in total. The van der Waals surface area contributed by atoms with Gasteiger partial charge in [0.05, 0.1) is 23.7 Å². The zero-order valence-electron chi connectivity index (χ0n) is 17.1. The number of ketones is 1. The highest BCUT2D eigenvalue weighted by Gasteiger charge is 2.74. The highest BCUT2D eigenvalue weighted by atomic mass is 32.2. The number of carbonyl (C=O) groups excluding carboxylic acids is 3. The molecule has 0 radical (unpaired) electrons. The van der Waals surface area contributed by atoms with E-state index in [9.17, 15) is 14.4 Å². The van der Waals surface area contributed by atoms with E-state index in [1.54, 1.807) is 26.0 Å². The molecule has 3 aliphatic rings. The maximum Gasteiger partial charge on any atom is 0.313 e. The molecule has 1 saturated carbocycles. The van der Waals surface area contributed by atoms with Crippen LogP contribution in [0.25, 0.3) is 0 Å². The van der Waals surface area contributed by atoms with Crippen LogP contribution in [-0.2, 0) is 33.3 Å². The maximum atomic E-state index is 13.8. The van der Waals surface area contributed by atoms with Crippen molar-refractivity contribution >= 4 is 41.2 Å². The summed E-state index contributed by atoms with van der Waals surface area (Å²) in [5, 5.41) is 0. The molecule has 2 bridgehead atoms. The number of thioether (sulfide) groups is 2. The zero-order valence-corrected chi connectivity index (χ0v) is 18.7. The van der Waals surface area contributed by atoms with Crippen molar-refractivity contribution in [1.82, 2.24) is 0 Å². The van der Waals surface area contributed by atoms with Gasteiger partial charge in [0.2, 0.25) is 5.78 Å². The maximum absolute atomic E-state index is 13.8. The van der Waals surface area contributed by atoms with E-state index in [1.165, 1.54) is 37.7 Å². The van der Waals surface area contributed by atoms with E-state index >= 15 is 0 Å². The number of hydrogen-bond donors (Lipinski definition) is 0. The third-order valence-electron chi connectivity index (χ3n) is 5.52. The van der Waals surface area contributed by atoms with E-state index in [0.717, 1.165) is 0 Å². The van der Waals surface area contributed by atoms with Crippen molar-refractivity contribution < 1.29 is 33.3 Å². The van der Waals surface area contributed by atoms with Crippen LogP contribution in [0.1, 0.15) is 13.8 Å². The number of esters is 2. The van der Waals surface area contributed by atoms with Crippen LogP contribution in [0.4, 0.5) is 0 Å². The highest BCUT2D eigenvalue weighted by molar-refractivity contribution is 8.16. The molecular formula is C19H28O7S2. The Morgan fingerprint density at radius 1 is 1.07 bits per heavy atom. The normalized spacial score (nSPS) is 34.0. The zero-order chi connectivity index (χ0) is 21.1. The molecule has 28 heavy (non-hydrogen) atoms. The van der Waals surface area contributed by atoms with Crippen molar-refractivity contribution in [2.45, 2.75) is 29.6 Å². The molecule has 0 unspecified atom stereocenters. The molecule has 5 atom stereocenters. The lowest BCUT2D eigenvalue weighted by Gasteiger charge is -2.57. The Labute approximate surface area is 174 Å². The molecule has 0 amide bonds. The molecule has 0 saturated heterocycles. The van der Waals surface area contributed by atoms with Crippen LogP contribution in [0.2, 0.25) is 0 Å². The first kappa shape index (κ1) is 23.3. The van der Waals surface area contributed by atoms with Crippen molar-refractivity contribution in [3.8, 4) is 0 Å². The molecule has 0 N–H and O–H groups in total. The Morgan fingerprint density at radius 2 is 1.64 bits per heavy atom. The molecule has 0 aliphatic heterocycles. The van der Waals surface area contributed by atoms with E-state index in [1.807, 2.05) is 12.5 Å². The summed E-state index contributed by atoms with van der Waals surface area (Å²) < 4.78 is 21.7. The summed E-state index contributed by atoms with van der Waals surface area (Å²) in [7, 11) is 2.81. The smallest absolute Gasteiger partial charge is 0.313 e. The van der Waals surface area contributed by atoms with Gasteiger partial charge in [-0.1, -0.05) is 6.08 Å². The van der Waals surface area contributed by atoms with Gasteiger partial charge < -0.3 is 18.9 Å². The monoisotopic (exact) mass is 432 g/mol. The third kappa shape index (κ3) is 3.20. The van der Waals surface area contributed by atoms with E-state index in [2.05, 4.69) is 0 Å². The van der Waals surface area contributed by atoms with E-state index < -0.39 is 40.9 Å². The number of Topliss-reactive ketones (excluding diaryl/α,β-unsaturated/α-hetero) is 1. The first-order valence-electron chi connectivity index (χ1n) is 9.09. The van der Waals surface area contributed by atoms with Crippen molar-refractivity contribution in [1.29, 1.82) is 0 Å². The Hall–Kier alpha value is -1.03. The predicted molar refractivity (Wildman–Crippen MR) is 108 cm³/mol. The number of methoxy groups -OCH3 is 2. The summed E-state index contributed by atoms with van der Waals surface area (Å²) in [5.74, 6) is -4.36. The molecule has 0 aromatic carbocycles. The van der Waals surface area contributed by atoms with Crippen LogP contribution in [0.3, 0.4) is 0 Å². The highest BCUT2D eigenvalue weighted by Crippen LogP contribution is 2.57. The Morgan fingerprint density at radius 3 is 2.11 bits per heavy atom. The van der Waals surface area contributed by atoms with Crippen LogP contribution in [0.5, 0.6) is 0 Å². The van der Waals surface area contributed by atoms with Crippen LogP contribution >= 0.6 is 23.5 Å². The molecule has 9 heteroatoms. The number of rotatable bonds is 9. The molecule has 0 aromatic heterocycles. The van der Waals surface area contributed by atoms with Gasteiger partial charge in [-0.25, -0.2) is 0 Å². The molecule has 3 rings (SSSR count). The van der Waals surface area contributed by atoms with Gasteiger partial charge in [-0.05, 0) is 32.4 Å². The summed E-state index contributed by atoms with van der Waals surface area (Å²) in [6.07, 6.45) is 7.09. The van der Waals surface area contributed by atoms with Crippen molar-refractivity contribution in [3.05, 3.63) is 12.2 Å². The number of carbonyl (C=O) groups is 3. The number of ether oxygens (including phenoxy) is 4. The molecule has 3 aliphatic carbocycles. The Balaban J connectivity index is 2.74. The van der Waals surface area contributed by atoms with Gasteiger partial charge in [0.1, 0.15) is 5.92 Å². The molecule has 1 fully saturated rings. The number of hydrogen-bond acceptors (Lipinski definition) is 9. The van der Waals surface area contributed by atoms with E-state index in [0.29, 0.717) is 0 Å². The summed E-state index contributed by atoms with van der Waals surface area (Å²) in [5.41, 5.74) is -3.00. The molecule has 0 spiro atoms. The largest absolute Gasteiger partial charge is 0.466 e. The van der Waals surface area contributed by atoms with Crippen LogP contribution < -0.4 is 0 Å². The minimum atomic E-state index is -1.65. The van der Waals surface area contributed by atoms with Crippen LogP contribution in [0.15, 0.2) is 12.2 Å². The van der Waals surface area contributed by atoms with Gasteiger partial charge in [0, 0.05) is 20.1 Å². The first-order valence-corrected chi connectivity index (χ1v) is 11.7. The molecule has 0 heterocycles. The SMILES string of the molecule is CCOC(=O)[C@H]1[C@H]2C=C[C@](OC)(C(=O)[C@]2(OC)C(SC)SC)[C@H]1C(=O)OCC. The summed E-state index contributed by atoms with van der Waals surface area (Å²) in [4.78, 5) is 39.7. The third-order valence-corrected chi connectivity index (χ3v) is 8.23. The summed E-state index contributed by atoms with van der Waals surface area (Å²) in [6, 6.07) is 0. The minimum absolute atomic E-state index is 0.126.